The van der Waals surface area contributed by atoms with Crippen LogP contribution >= 0.6 is 0 Å². The number of carboxylic acid groups (broad SMARTS) is 1. The number of aromatic carboxylic acids is 1. The van der Waals surface area contributed by atoms with Crippen molar-refractivity contribution in [3.63, 3.8) is 0 Å². The van der Waals surface area contributed by atoms with Crippen LogP contribution in [-0.4, -0.2) is 29.6 Å². The smallest absolute Gasteiger partial charge is 0.336 e. The fraction of sp³-hybridized carbons (Fsp3) is 0.429. The topological polar surface area (TPSA) is 78.4 Å². The lowest BCUT2D eigenvalue weighted by atomic mass is 10.0. The molecule has 0 radical (unpaired) electrons. The first-order chi connectivity index (χ1) is 8.97. The normalized spacial score (nSPS) is 14.2. The van der Waals surface area contributed by atoms with Crippen LogP contribution in [0.1, 0.15) is 34.3 Å². The van der Waals surface area contributed by atoms with Crippen LogP contribution in [0.25, 0.3) is 0 Å². The van der Waals surface area contributed by atoms with E-state index >= 15 is 0 Å². The minimum atomic E-state index is -0.979. The van der Waals surface area contributed by atoms with Crippen molar-refractivity contribution in [2.24, 2.45) is 0 Å². The van der Waals surface area contributed by atoms with E-state index in [9.17, 15) is 9.59 Å². The molecule has 5 heteroatoms. The third-order valence-electron chi connectivity index (χ3n) is 3.31. The van der Waals surface area contributed by atoms with Gasteiger partial charge in [0.2, 0.25) is 5.91 Å². The third kappa shape index (κ3) is 3.54. The summed E-state index contributed by atoms with van der Waals surface area (Å²) in [6.45, 7) is 3.86. The molecular weight excluding hydrogens is 244 g/mol. The van der Waals surface area contributed by atoms with Gasteiger partial charge in [0.05, 0.1) is 12.1 Å². The molecule has 1 aliphatic carbocycles. The monoisotopic (exact) mass is 262 g/mol. The summed E-state index contributed by atoms with van der Waals surface area (Å²) in [6.07, 6.45) is 2.25. The van der Waals surface area contributed by atoms with E-state index in [0.717, 1.165) is 24.0 Å². The predicted molar refractivity (Wildman–Crippen MR) is 72.5 cm³/mol. The van der Waals surface area contributed by atoms with Crippen molar-refractivity contribution in [3.05, 3.63) is 28.8 Å². The van der Waals surface area contributed by atoms with Crippen molar-refractivity contribution in [3.8, 4) is 0 Å². The highest BCUT2D eigenvalue weighted by molar-refractivity contribution is 5.96. The number of anilines is 1. The van der Waals surface area contributed by atoms with Crippen LogP contribution < -0.4 is 10.6 Å². The van der Waals surface area contributed by atoms with Crippen molar-refractivity contribution in [2.45, 2.75) is 32.7 Å². The summed E-state index contributed by atoms with van der Waals surface area (Å²) in [6, 6.07) is 3.76. The van der Waals surface area contributed by atoms with Gasteiger partial charge in [-0.25, -0.2) is 4.79 Å². The molecule has 0 aliphatic heterocycles. The molecule has 102 valence electrons. The number of aryl methyl sites for hydroxylation is 1. The number of hydrogen-bond donors (Lipinski definition) is 3. The molecule has 0 unspecified atom stereocenters. The molecule has 0 atom stereocenters. The van der Waals surface area contributed by atoms with Crippen LogP contribution in [0, 0.1) is 13.8 Å². The lowest BCUT2D eigenvalue weighted by Gasteiger charge is -2.11. The average molecular weight is 262 g/mol. The Labute approximate surface area is 112 Å². The van der Waals surface area contributed by atoms with Crippen molar-refractivity contribution >= 4 is 17.6 Å². The molecule has 1 aromatic carbocycles. The Morgan fingerprint density at radius 1 is 1.32 bits per heavy atom. The predicted octanol–water partition coefficient (Wildman–Crippen LogP) is 1.69. The highest BCUT2D eigenvalue weighted by Gasteiger charge is 2.21. The Hall–Kier alpha value is -1.88. The zero-order valence-corrected chi connectivity index (χ0v) is 11.1. The number of hydrogen-bond acceptors (Lipinski definition) is 3. The van der Waals surface area contributed by atoms with Gasteiger partial charge in [-0.1, -0.05) is 0 Å². The largest absolute Gasteiger partial charge is 0.478 e. The van der Waals surface area contributed by atoms with Crippen molar-refractivity contribution in [2.75, 3.05) is 11.9 Å². The first-order valence-corrected chi connectivity index (χ1v) is 6.35. The zero-order chi connectivity index (χ0) is 14.0. The lowest BCUT2D eigenvalue weighted by molar-refractivity contribution is -0.115. The minimum absolute atomic E-state index is 0.147. The number of carbonyl (C=O) groups is 2. The first kappa shape index (κ1) is 13.5. The van der Waals surface area contributed by atoms with E-state index in [4.69, 9.17) is 5.11 Å². The van der Waals surface area contributed by atoms with Gasteiger partial charge in [0.15, 0.2) is 0 Å². The SMILES string of the molecule is Cc1cc(NC(=O)CNC2CC2)cc(C(=O)O)c1C. The van der Waals surface area contributed by atoms with E-state index in [1.165, 1.54) is 6.07 Å². The van der Waals surface area contributed by atoms with Crippen LogP contribution in [0.4, 0.5) is 5.69 Å². The summed E-state index contributed by atoms with van der Waals surface area (Å²) in [5.74, 6) is -1.13. The van der Waals surface area contributed by atoms with Gasteiger partial charge < -0.3 is 15.7 Å². The second-order valence-electron chi connectivity index (χ2n) is 4.97. The summed E-state index contributed by atoms with van der Waals surface area (Å²) in [5, 5.41) is 14.9. The molecule has 1 fully saturated rings. The van der Waals surface area contributed by atoms with Crippen molar-refractivity contribution in [1.29, 1.82) is 0 Å². The Balaban J connectivity index is 2.06. The number of carbonyl (C=O) groups excluding carboxylic acids is 1. The van der Waals surface area contributed by atoms with E-state index in [0.29, 0.717) is 11.7 Å². The number of carboxylic acids is 1. The highest BCUT2D eigenvalue weighted by Crippen LogP contribution is 2.20. The quantitative estimate of drug-likeness (QED) is 0.754. The van der Waals surface area contributed by atoms with Crippen molar-refractivity contribution in [1.82, 2.24) is 5.32 Å². The Morgan fingerprint density at radius 2 is 2.00 bits per heavy atom. The van der Waals surface area contributed by atoms with E-state index in [2.05, 4.69) is 10.6 Å². The average Bonchev–Trinajstić information content (AvgIpc) is 3.14. The minimum Gasteiger partial charge on any atom is -0.478 e. The van der Waals surface area contributed by atoms with E-state index in [-0.39, 0.29) is 18.0 Å². The van der Waals surface area contributed by atoms with Crippen LogP contribution in [0.2, 0.25) is 0 Å². The fourth-order valence-corrected chi connectivity index (χ4v) is 1.88. The molecule has 2 rings (SSSR count). The molecule has 0 saturated heterocycles. The molecule has 0 bridgehead atoms. The maximum absolute atomic E-state index is 11.7. The second-order valence-corrected chi connectivity index (χ2v) is 4.97. The van der Waals surface area contributed by atoms with Gasteiger partial charge in [-0.05, 0) is 49.9 Å². The molecule has 0 heterocycles. The molecule has 19 heavy (non-hydrogen) atoms. The van der Waals surface area contributed by atoms with Crippen LogP contribution in [-0.2, 0) is 4.79 Å². The molecule has 1 saturated carbocycles. The van der Waals surface area contributed by atoms with Crippen LogP contribution in [0.5, 0.6) is 0 Å². The molecule has 3 N–H and O–H groups in total. The third-order valence-corrected chi connectivity index (χ3v) is 3.31. The molecule has 0 aromatic heterocycles. The Morgan fingerprint density at radius 3 is 2.58 bits per heavy atom. The summed E-state index contributed by atoms with van der Waals surface area (Å²) < 4.78 is 0. The molecular formula is C14H18N2O3. The summed E-state index contributed by atoms with van der Waals surface area (Å²) in [5.41, 5.74) is 2.33. The number of benzene rings is 1. The van der Waals surface area contributed by atoms with Gasteiger partial charge in [-0.3, -0.25) is 4.79 Å². The molecule has 1 aromatic rings. The number of rotatable bonds is 5. The maximum Gasteiger partial charge on any atom is 0.336 e. The van der Waals surface area contributed by atoms with E-state index < -0.39 is 5.97 Å². The second kappa shape index (κ2) is 5.40. The lowest BCUT2D eigenvalue weighted by Crippen LogP contribution is -2.29. The zero-order valence-electron chi connectivity index (χ0n) is 11.1. The van der Waals surface area contributed by atoms with Crippen LogP contribution in [0.15, 0.2) is 12.1 Å². The fourth-order valence-electron chi connectivity index (χ4n) is 1.88. The van der Waals surface area contributed by atoms with Gasteiger partial charge in [-0.2, -0.15) is 0 Å². The van der Waals surface area contributed by atoms with E-state index in [1.807, 2.05) is 6.92 Å². The summed E-state index contributed by atoms with van der Waals surface area (Å²) in [7, 11) is 0. The summed E-state index contributed by atoms with van der Waals surface area (Å²) in [4.78, 5) is 22.8. The number of amides is 1. The Kier molecular flexibility index (Phi) is 3.85. The Bertz CT molecular complexity index is 522. The van der Waals surface area contributed by atoms with Gasteiger partial charge in [-0.15, -0.1) is 0 Å². The molecule has 1 amide bonds. The van der Waals surface area contributed by atoms with Crippen molar-refractivity contribution < 1.29 is 14.7 Å². The van der Waals surface area contributed by atoms with Gasteiger partial charge in [0.1, 0.15) is 0 Å². The van der Waals surface area contributed by atoms with Gasteiger partial charge >= 0.3 is 5.97 Å². The molecule has 1 aliphatic rings. The van der Waals surface area contributed by atoms with E-state index in [1.54, 1.807) is 13.0 Å². The first-order valence-electron chi connectivity index (χ1n) is 6.35. The highest BCUT2D eigenvalue weighted by atomic mass is 16.4. The van der Waals surface area contributed by atoms with Crippen LogP contribution in [0.3, 0.4) is 0 Å². The van der Waals surface area contributed by atoms with Gasteiger partial charge in [0, 0.05) is 11.7 Å². The molecule has 5 nitrogen and oxygen atoms in total. The maximum atomic E-state index is 11.7. The summed E-state index contributed by atoms with van der Waals surface area (Å²) >= 11 is 0. The standard InChI is InChI=1S/C14H18N2O3/c1-8-5-11(6-12(9(8)2)14(18)19)16-13(17)7-15-10-3-4-10/h5-6,10,15H,3-4,7H2,1-2H3,(H,16,17)(H,18,19). The molecule has 0 spiro atoms. The number of nitrogens with one attached hydrogen (secondary N) is 2. The van der Waals surface area contributed by atoms with Gasteiger partial charge in [0.25, 0.3) is 0 Å².